The number of nitrogens with zero attached hydrogens (tertiary/aromatic N) is 4. The van der Waals surface area contributed by atoms with E-state index in [4.69, 9.17) is 9.51 Å². The molecule has 7 nitrogen and oxygen atoms in total. The summed E-state index contributed by atoms with van der Waals surface area (Å²) in [6.07, 6.45) is 0.585. The number of aromatic nitrogens is 3. The Hall–Kier alpha value is -3.29. The van der Waals surface area contributed by atoms with Gasteiger partial charge in [-0.3, -0.25) is 4.79 Å². The standard InChI is InChI=1S/C22H24FN5O2/c1-12(2)24-21-17-11-28(22(29)19-13(3)27-30-14(19)4)9-8-18(17)25-20(26-21)15-6-5-7-16(23)10-15/h5-7,10,12H,8-9,11H2,1-4H3,(H,24,25,26). The number of hydrogen-bond donors (Lipinski definition) is 1. The Morgan fingerprint density at radius 2 is 2.07 bits per heavy atom. The summed E-state index contributed by atoms with van der Waals surface area (Å²) in [7, 11) is 0. The maximum absolute atomic E-state index is 13.7. The number of benzene rings is 1. The molecular formula is C22H24FN5O2. The Morgan fingerprint density at radius 1 is 1.27 bits per heavy atom. The lowest BCUT2D eigenvalue weighted by Gasteiger charge is -2.30. The maximum atomic E-state index is 13.7. The van der Waals surface area contributed by atoms with Crippen molar-refractivity contribution in [2.75, 3.05) is 11.9 Å². The Morgan fingerprint density at radius 3 is 2.73 bits per heavy atom. The second-order valence-electron chi connectivity index (χ2n) is 7.81. The molecule has 3 aromatic rings. The highest BCUT2D eigenvalue weighted by Crippen LogP contribution is 2.29. The Bertz CT molecular complexity index is 1090. The van der Waals surface area contributed by atoms with Crippen LogP contribution in [0.1, 0.15) is 46.9 Å². The molecule has 4 rings (SSSR count). The van der Waals surface area contributed by atoms with Gasteiger partial charge in [0.25, 0.3) is 5.91 Å². The molecule has 8 heteroatoms. The lowest BCUT2D eigenvalue weighted by molar-refractivity contribution is 0.0731. The number of carbonyl (C=O) groups is 1. The molecule has 1 N–H and O–H groups in total. The Balaban J connectivity index is 1.72. The number of rotatable bonds is 4. The van der Waals surface area contributed by atoms with E-state index in [0.29, 0.717) is 53.7 Å². The van der Waals surface area contributed by atoms with Crippen LogP contribution in [0, 0.1) is 19.7 Å². The fourth-order valence-electron chi connectivity index (χ4n) is 3.68. The molecule has 0 radical (unpaired) electrons. The average Bonchev–Trinajstić information content (AvgIpc) is 3.04. The summed E-state index contributed by atoms with van der Waals surface area (Å²) in [5.74, 6) is 1.22. The van der Waals surface area contributed by atoms with E-state index in [0.717, 1.165) is 11.3 Å². The van der Waals surface area contributed by atoms with Crippen LogP contribution in [0.3, 0.4) is 0 Å². The van der Waals surface area contributed by atoms with Crippen molar-refractivity contribution in [3.63, 3.8) is 0 Å². The fraction of sp³-hybridized carbons (Fsp3) is 0.364. The maximum Gasteiger partial charge on any atom is 0.259 e. The molecule has 0 spiro atoms. The first-order valence-electron chi connectivity index (χ1n) is 9.98. The first kappa shape index (κ1) is 20.0. The molecule has 2 aromatic heterocycles. The molecule has 1 aromatic carbocycles. The molecule has 0 atom stereocenters. The predicted molar refractivity (Wildman–Crippen MR) is 111 cm³/mol. The smallest absolute Gasteiger partial charge is 0.259 e. The zero-order chi connectivity index (χ0) is 21.4. The first-order valence-corrected chi connectivity index (χ1v) is 9.98. The lowest BCUT2D eigenvalue weighted by atomic mass is 10.0. The summed E-state index contributed by atoms with van der Waals surface area (Å²) >= 11 is 0. The van der Waals surface area contributed by atoms with Crippen LogP contribution in [0.5, 0.6) is 0 Å². The summed E-state index contributed by atoms with van der Waals surface area (Å²) in [6.45, 7) is 8.46. The number of anilines is 1. The van der Waals surface area contributed by atoms with E-state index in [2.05, 4.69) is 15.5 Å². The van der Waals surface area contributed by atoms with Gasteiger partial charge in [0, 0.05) is 30.1 Å². The quantitative estimate of drug-likeness (QED) is 0.703. The highest BCUT2D eigenvalue weighted by molar-refractivity contribution is 5.96. The van der Waals surface area contributed by atoms with Gasteiger partial charge in [-0.2, -0.15) is 0 Å². The largest absolute Gasteiger partial charge is 0.367 e. The van der Waals surface area contributed by atoms with Crippen LogP contribution in [0.4, 0.5) is 10.2 Å². The highest BCUT2D eigenvalue weighted by Gasteiger charge is 2.29. The number of amides is 1. The van der Waals surface area contributed by atoms with E-state index in [9.17, 15) is 9.18 Å². The molecule has 3 heterocycles. The monoisotopic (exact) mass is 409 g/mol. The van der Waals surface area contributed by atoms with Crippen LogP contribution in [0.25, 0.3) is 11.4 Å². The van der Waals surface area contributed by atoms with Gasteiger partial charge in [0.15, 0.2) is 5.82 Å². The summed E-state index contributed by atoms with van der Waals surface area (Å²) in [4.78, 5) is 24.2. The van der Waals surface area contributed by atoms with Gasteiger partial charge in [-0.15, -0.1) is 0 Å². The van der Waals surface area contributed by atoms with Crippen molar-refractivity contribution in [3.05, 3.63) is 58.4 Å². The van der Waals surface area contributed by atoms with Gasteiger partial charge in [0.05, 0.1) is 17.9 Å². The lowest BCUT2D eigenvalue weighted by Crippen LogP contribution is -2.37. The molecule has 0 fully saturated rings. The normalized spacial score (nSPS) is 13.5. The van der Waals surface area contributed by atoms with Crippen molar-refractivity contribution in [2.45, 2.75) is 46.7 Å². The molecule has 0 saturated heterocycles. The van der Waals surface area contributed by atoms with Crippen molar-refractivity contribution in [3.8, 4) is 11.4 Å². The van der Waals surface area contributed by atoms with Crippen molar-refractivity contribution in [2.24, 2.45) is 0 Å². The van der Waals surface area contributed by atoms with Crippen LogP contribution < -0.4 is 5.32 Å². The van der Waals surface area contributed by atoms with Crippen molar-refractivity contribution >= 4 is 11.7 Å². The molecule has 0 aliphatic carbocycles. The van der Waals surface area contributed by atoms with Crippen LogP contribution >= 0.6 is 0 Å². The third kappa shape index (κ3) is 3.77. The van der Waals surface area contributed by atoms with Gasteiger partial charge < -0.3 is 14.7 Å². The minimum absolute atomic E-state index is 0.110. The minimum atomic E-state index is -0.330. The molecule has 0 unspecified atom stereocenters. The molecule has 1 aliphatic heterocycles. The van der Waals surface area contributed by atoms with Gasteiger partial charge in [-0.1, -0.05) is 17.3 Å². The molecule has 156 valence electrons. The zero-order valence-electron chi connectivity index (χ0n) is 17.5. The van der Waals surface area contributed by atoms with Crippen LogP contribution in [0.2, 0.25) is 0 Å². The van der Waals surface area contributed by atoms with Gasteiger partial charge in [0.1, 0.15) is 23.0 Å². The highest BCUT2D eigenvalue weighted by atomic mass is 19.1. The third-order valence-electron chi connectivity index (χ3n) is 5.10. The van der Waals surface area contributed by atoms with Crippen LogP contribution in [-0.2, 0) is 13.0 Å². The SMILES string of the molecule is Cc1noc(C)c1C(=O)N1CCc2nc(-c3cccc(F)c3)nc(NC(C)C)c2C1. The minimum Gasteiger partial charge on any atom is -0.367 e. The van der Waals surface area contributed by atoms with Gasteiger partial charge in [-0.05, 0) is 39.8 Å². The second kappa shape index (κ2) is 7.85. The number of hydrogen-bond acceptors (Lipinski definition) is 6. The predicted octanol–water partition coefficient (Wildman–Crippen LogP) is 3.91. The van der Waals surface area contributed by atoms with Crippen molar-refractivity contribution in [1.82, 2.24) is 20.0 Å². The van der Waals surface area contributed by atoms with E-state index in [-0.39, 0.29) is 17.8 Å². The van der Waals surface area contributed by atoms with Gasteiger partial charge in [-0.25, -0.2) is 14.4 Å². The average molecular weight is 409 g/mol. The molecule has 0 bridgehead atoms. The molecular weight excluding hydrogens is 385 g/mol. The zero-order valence-corrected chi connectivity index (χ0v) is 17.5. The Labute approximate surface area is 174 Å². The molecule has 0 saturated carbocycles. The number of carbonyl (C=O) groups excluding carboxylic acids is 1. The van der Waals surface area contributed by atoms with Gasteiger partial charge >= 0.3 is 0 Å². The Kier molecular flexibility index (Phi) is 5.24. The molecule has 1 amide bonds. The van der Waals surface area contributed by atoms with Gasteiger partial charge in [0.2, 0.25) is 0 Å². The fourth-order valence-corrected chi connectivity index (χ4v) is 3.68. The van der Waals surface area contributed by atoms with E-state index in [1.807, 2.05) is 13.8 Å². The molecule has 1 aliphatic rings. The second-order valence-corrected chi connectivity index (χ2v) is 7.81. The third-order valence-corrected chi connectivity index (χ3v) is 5.10. The summed E-state index contributed by atoms with van der Waals surface area (Å²) in [5.41, 5.74) is 3.47. The number of fused-ring (bicyclic) bond motifs is 1. The number of nitrogens with one attached hydrogen (secondary N) is 1. The van der Waals surface area contributed by atoms with E-state index < -0.39 is 0 Å². The van der Waals surface area contributed by atoms with E-state index in [1.54, 1.807) is 30.9 Å². The van der Waals surface area contributed by atoms with Crippen molar-refractivity contribution < 1.29 is 13.7 Å². The summed E-state index contributed by atoms with van der Waals surface area (Å²) in [6, 6.07) is 6.40. The number of halogens is 1. The summed E-state index contributed by atoms with van der Waals surface area (Å²) < 4.78 is 18.9. The summed E-state index contributed by atoms with van der Waals surface area (Å²) in [5, 5.41) is 7.26. The van der Waals surface area contributed by atoms with Crippen molar-refractivity contribution in [1.29, 1.82) is 0 Å². The first-order chi connectivity index (χ1) is 14.3. The van der Waals surface area contributed by atoms with E-state index in [1.165, 1.54) is 12.1 Å². The van der Waals surface area contributed by atoms with Crippen LogP contribution in [0.15, 0.2) is 28.8 Å². The van der Waals surface area contributed by atoms with Crippen LogP contribution in [-0.4, -0.2) is 38.5 Å². The molecule has 30 heavy (non-hydrogen) atoms. The topological polar surface area (TPSA) is 84.2 Å². The number of aryl methyl sites for hydroxylation is 2. The van der Waals surface area contributed by atoms with E-state index >= 15 is 0 Å².